The number of benzene rings is 1. The van der Waals surface area contributed by atoms with Gasteiger partial charge in [0.15, 0.2) is 5.82 Å². The van der Waals surface area contributed by atoms with E-state index < -0.39 is 0 Å². The Kier molecular flexibility index (Phi) is 9.78. The van der Waals surface area contributed by atoms with Gasteiger partial charge in [-0.05, 0) is 30.4 Å². The second kappa shape index (κ2) is 12.8. The van der Waals surface area contributed by atoms with Gasteiger partial charge in [-0.15, -0.1) is 0 Å². The van der Waals surface area contributed by atoms with E-state index in [1.165, 1.54) is 62.5 Å². The van der Waals surface area contributed by atoms with E-state index in [0.29, 0.717) is 12.9 Å². The molecular formula is C26H38N2O2. The maximum absolute atomic E-state index is 5.88. The van der Waals surface area contributed by atoms with Crippen molar-refractivity contribution in [3.8, 4) is 11.4 Å². The van der Waals surface area contributed by atoms with Crippen molar-refractivity contribution < 1.29 is 9.47 Å². The molecule has 0 aliphatic carbocycles. The Balaban J connectivity index is 1.51. The molecule has 1 aliphatic heterocycles. The quantitative estimate of drug-likeness (QED) is 0.352. The molecule has 0 spiro atoms. The highest BCUT2D eigenvalue weighted by Gasteiger charge is 2.24. The summed E-state index contributed by atoms with van der Waals surface area (Å²) >= 11 is 0. The molecule has 3 rings (SSSR count). The van der Waals surface area contributed by atoms with E-state index in [-0.39, 0.29) is 6.10 Å². The van der Waals surface area contributed by atoms with E-state index in [9.17, 15) is 0 Å². The van der Waals surface area contributed by atoms with Gasteiger partial charge in [0.2, 0.25) is 0 Å². The smallest absolute Gasteiger partial charge is 0.159 e. The lowest BCUT2D eigenvalue weighted by Gasteiger charge is -2.30. The summed E-state index contributed by atoms with van der Waals surface area (Å²) in [6, 6.07) is 8.53. The second-order valence-electron chi connectivity index (χ2n) is 8.49. The zero-order valence-electron chi connectivity index (χ0n) is 18.8. The molecule has 2 aromatic rings. The maximum atomic E-state index is 5.88. The third-order valence-electron chi connectivity index (χ3n) is 5.99. The van der Waals surface area contributed by atoms with Gasteiger partial charge in [-0.25, -0.2) is 9.97 Å². The summed E-state index contributed by atoms with van der Waals surface area (Å²) in [5.41, 5.74) is 3.50. The van der Waals surface area contributed by atoms with Crippen molar-refractivity contribution in [2.24, 2.45) is 0 Å². The summed E-state index contributed by atoms with van der Waals surface area (Å²) in [6.45, 7) is 4.89. The van der Waals surface area contributed by atoms with Crippen molar-refractivity contribution in [2.75, 3.05) is 6.79 Å². The standard InChI is InChI=1S/C26H38N2O2/c1-3-5-7-9-11-21-18-27-26(28-19-21)23-15-13-22(14-16-23)25-17-24(29-20-30-25)12-10-8-6-4-2/h13-16,18-19,24-25H,3-12,17,20H2,1-2H3/t24-,25-/m1/s1. The molecule has 2 heterocycles. The van der Waals surface area contributed by atoms with Crippen LogP contribution >= 0.6 is 0 Å². The zero-order valence-corrected chi connectivity index (χ0v) is 18.8. The van der Waals surface area contributed by atoms with Gasteiger partial charge in [-0.1, -0.05) is 83.1 Å². The van der Waals surface area contributed by atoms with Gasteiger partial charge in [0.1, 0.15) is 6.79 Å². The minimum Gasteiger partial charge on any atom is -0.352 e. The fourth-order valence-corrected chi connectivity index (χ4v) is 4.06. The van der Waals surface area contributed by atoms with Gasteiger partial charge >= 0.3 is 0 Å². The van der Waals surface area contributed by atoms with Crippen molar-refractivity contribution in [3.05, 3.63) is 47.8 Å². The molecule has 0 amide bonds. The third-order valence-corrected chi connectivity index (χ3v) is 5.99. The van der Waals surface area contributed by atoms with Crippen LogP contribution in [0.25, 0.3) is 11.4 Å². The second-order valence-corrected chi connectivity index (χ2v) is 8.49. The highest BCUT2D eigenvalue weighted by atomic mass is 16.7. The monoisotopic (exact) mass is 410 g/mol. The Bertz CT molecular complexity index is 715. The molecule has 0 unspecified atom stereocenters. The van der Waals surface area contributed by atoms with Crippen LogP contribution in [0, 0.1) is 0 Å². The molecule has 2 atom stereocenters. The fraction of sp³-hybridized carbons (Fsp3) is 0.615. The summed E-state index contributed by atoms with van der Waals surface area (Å²) in [7, 11) is 0. The van der Waals surface area contributed by atoms with E-state index >= 15 is 0 Å². The Hall–Kier alpha value is -1.78. The number of unbranched alkanes of at least 4 members (excludes halogenated alkanes) is 6. The summed E-state index contributed by atoms with van der Waals surface area (Å²) in [4.78, 5) is 9.18. The Morgan fingerprint density at radius 1 is 0.833 bits per heavy atom. The van der Waals surface area contributed by atoms with E-state index in [0.717, 1.165) is 30.7 Å². The molecular weight excluding hydrogens is 372 g/mol. The Morgan fingerprint density at radius 3 is 2.23 bits per heavy atom. The first-order valence-electron chi connectivity index (χ1n) is 11.9. The number of hydrogen-bond acceptors (Lipinski definition) is 4. The van der Waals surface area contributed by atoms with Crippen molar-refractivity contribution >= 4 is 0 Å². The summed E-state index contributed by atoms with van der Waals surface area (Å²) in [6.07, 6.45) is 17.7. The molecule has 0 N–H and O–H groups in total. The van der Waals surface area contributed by atoms with Crippen molar-refractivity contribution in [1.82, 2.24) is 9.97 Å². The largest absolute Gasteiger partial charge is 0.352 e. The van der Waals surface area contributed by atoms with Crippen LogP contribution in [0.4, 0.5) is 0 Å². The molecule has 1 aromatic heterocycles. The SMILES string of the molecule is CCCCCCc1cnc(-c2ccc([C@H]3C[C@@H](CCCCCC)OCO3)cc2)nc1. The van der Waals surface area contributed by atoms with E-state index in [1.807, 2.05) is 12.4 Å². The maximum Gasteiger partial charge on any atom is 0.159 e. The van der Waals surface area contributed by atoms with Gasteiger partial charge < -0.3 is 9.47 Å². The molecule has 1 saturated heterocycles. The minimum absolute atomic E-state index is 0.121. The van der Waals surface area contributed by atoms with Crippen LogP contribution in [-0.2, 0) is 15.9 Å². The predicted molar refractivity (Wildman–Crippen MR) is 122 cm³/mol. The number of hydrogen-bond donors (Lipinski definition) is 0. The average molecular weight is 411 g/mol. The Labute approximate surface area is 182 Å². The van der Waals surface area contributed by atoms with E-state index in [2.05, 4.69) is 48.1 Å². The molecule has 0 radical (unpaired) electrons. The van der Waals surface area contributed by atoms with Gasteiger partial charge in [0, 0.05) is 24.4 Å². The number of aryl methyl sites for hydroxylation is 1. The zero-order chi connectivity index (χ0) is 21.0. The highest BCUT2D eigenvalue weighted by molar-refractivity contribution is 5.55. The number of aromatic nitrogens is 2. The molecule has 0 saturated carbocycles. The van der Waals surface area contributed by atoms with Crippen molar-refractivity contribution in [1.29, 1.82) is 0 Å². The van der Waals surface area contributed by atoms with Crippen LogP contribution in [0.3, 0.4) is 0 Å². The van der Waals surface area contributed by atoms with Crippen LogP contribution in [0.1, 0.15) is 95.3 Å². The van der Waals surface area contributed by atoms with E-state index in [4.69, 9.17) is 9.47 Å². The average Bonchev–Trinajstić information content (AvgIpc) is 2.80. The van der Waals surface area contributed by atoms with Crippen LogP contribution in [0.15, 0.2) is 36.7 Å². The van der Waals surface area contributed by atoms with Gasteiger partial charge in [0.25, 0.3) is 0 Å². The number of rotatable bonds is 12. The Morgan fingerprint density at radius 2 is 1.53 bits per heavy atom. The summed E-state index contributed by atoms with van der Waals surface area (Å²) < 4.78 is 11.7. The lowest BCUT2D eigenvalue weighted by molar-refractivity contribution is -0.179. The topological polar surface area (TPSA) is 44.2 Å². The molecule has 164 valence electrons. The van der Waals surface area contributed by atoms with Crippen molar-refractivity contribution in [3.63, 3.8) is 0 Å². The van der Waals surface area contributed by atoms with Gasteiger partial charge in [-0.2, -0.15) is 0 Å². The first-order chi connectivity index (χ1) is 14.8. The number of ether oxygens (including phenoxy) is 2. The highest BCUT2D eigenvalue weighted by Crippen LogP contribution is 2.31. The summed E-state index contributed by atoms with van der Waals surface area (Å²) in [5, 5.41) is 0. The minimum atomic E-state index is 0.121. The molecule has 4 nitrogen and oxygen atoms in total. The molecule has 1 aliphatic rings. The number of nitrogens with zero attached hydrogens (tertiary/aromatic N) is 2. The molecule has 0 bridgehead atoms. The molecule has 1 aromatic carbocycles. The molecule has 30 heavy (non-hydrogen) atoms. The normalized spacial score (nSPS) is 19.1. The van der Waals surface area contributed by atoms with E-state index in [1.54, 1.807) is 0 Å². The van der Waals surface area contributed by atoms with Crippen LogP contribution in [-0.4, -0.2) is 22.9 Å². The van der Waals surface area contributed by atoms with Crippen molar-refractivity contribution in [2.45, 2.75) is 96.7 Å². The molecule has 4 heteroatoms. The van der Waals surface area contributed by atoms with Crippen LogP contribution in [0.2, 0.25) is 0 Å². The van der Waals surface area contributed by atoms with Gasteiger partial charge in [-0.3, -0.25) is 0 Å². The first kappa shape index (κ1) is 22.9. The van der Waals surface area contributed by atoms with Crippen LogP contribution < -0.4 is 0 Å². The molecule has 1 fully saturated rings. The van der Waals surface area contributed by atoms with Crippen LogP contribution in [0.5, 0.6) is 0 Å². The van der Waals surface area contributed by atoms with Gasteiger partial charge in [0.05, 0.1) is 12.2 Å². The summed E-state index contributed by atoms with van der Waals surface area (Å²) in [5.74, 6) is 0.792. The fourth-order valence-electron chi connectivity index (χ4n) is 4.06. The third kappa shape index (κ3) is 7.17. The lowest BCUT2D eigenvalue weighted by Crippen LogP contribution is -2.26. The lowest BCUT2D eigenvalue weighted by atomic mass is 9.98. The first-order valence-corrected chi connectivity index (χ1v) is 11.9. The predicted octanol–water partition coefficient (Wildman–Crippen LogP) is 7.04.